The van der Waals surface area contributed by atoms with Crippen molar-refractivity contribution in [2.24, 2.45) is 5.41 Å². The van der Waals surface area contributed by atoms with E-state index in [1.807, 2.05) is 0 Å². The fraction of sp³-hybridized carbons (Fsp3) is 0.778. The summed E-state index contributed by atoms with van der Waals surface area (Å²) in [6.45, 7) is 6.84. The topological polar surface area (TPSA) is 0 Å². The molecule has 0 bridgehead atoms. The number of allylic oxidation sites excluding steroid dienone is 2. The maximum absolute atomic E-state index is 2.34. The van der Waals surface area contributed by atoms with E-state index < -0.39 is 0 Å². The fourth-order valence-electron chi connectivity index (χ4n) is 1.75. The van der Waals surface area contributed by atoms with E-state index in [0.29, 0.717) is 5.41 Å². The lowest BCUT2D eigenvalue weighted by Crippen LogP contribution is -2.06. The van der Waals surface area contributed by atoms with E-state index in [4.69, 9.17) is 0 Å². The second kappa shape index (κ2) is 2.17. The molecule has 1 aliphatic carbocycles. The van der Waals surface area contributed by atoms with Gasteiger partial charge in [-0.15, -0.1) is 0 Å². The first-order valence-corrected chi connectivity index (χ1v) is 3.82. The van der Waals surface area contributed by atoms with Crippen LogP contribution in [0.2, 0.25) is 0 Å². The summed E-state index contributed by atoms with van der Waals surface area (Å²) in [6, 6.07) is 0. The van der Waals surface area contributed by atoms with E-state index >= 15 is 0 Å². The average molecular weight is 124 g/mol. The quantitative estimate of drug-likeness (QED) is 0.435. The van der Waals surface area contributed by atoms with Crippen molar-refractivity contribution in [2.75, 3.05) is 0 Å². The Labute approximate surface area is 58.0 Å². The van der Waals surface area contributed by atoms with E-state index in [1.165, 1.54) is 19.3 Å². The molecule has 0 aromatic carbocycles. The highest BCUT2D eigenvalue weighted by Crippen LogP contribution is 2.41. The lowest BCUT2D eigenvalue weighted by Gasteiger charge is -2.18. The summed E-state index contributed by atoms with van der Waals surface area (Å²) in [7, 11) is 0. The van der Waals surface area contributed by atoms with Crippen LogP contribution in [-0.2, 0) is 0 Å². The van der Waals surface area contributed by atoms with Gasteiger partial charge in [-0.2, -0.15) is 0 Å². The molecular formula is C9H16. The Bertz CT molecular complexity index is 129. The molecule has 0 aromatic heterocycles. The summed E-state index contributed by atoms with van der Waals surface area (Å²) < 4.78 is 0. The summed E-state index contributed by atoms with van der Waals surface area (Å²) in [6.07, 6.45) is 6.40. The van der Waals surface area contributed by atoms with E-state index in [9.17, 15) is 0 Å². The van der Waals surface area contributed by atoms with E-state index in [-0.39, 0.29) is 0 Å². The Hall–Kier alpha value is -0.260. The molecule has 0 aromatic rings. The third-order valence-electron chi connectivity index (χ3n) is 2.47. The molecule has 0 nitrogen and oxygen atoms in total. The predicted molar refractivity (Wildman–Crippen MR) is 41.4 cm³/mol. The van der Waals surface area contributed by atoms with Gasteiger partial charge in [0.05, 0.1) is 0 Å². The van der Waals surface area contributed by atoms with Crippen molar-refractivity contribution >= 4 is 0 Å². The minimum atomic E-state index is 0.523. The molecule has 52 valence electrons. The van der Waals surface area contributed by atoms with Crippen LogP contribution in [0.25, 0.3) is 0 Å². The summed E-state index contributed by atoms with van der Waals surface area (Å²) in [5, 5.41) is 0. The fourth-order valence-corrected chi connectivity index (χ4v) is 1.75. The van der Waals surface area contributed by atoms with Crippen molar-refractivity contribution in [2.45, 2.75) is 40.0 Å². The van der Waals surface area contributed by atoms with Crippen LogP contribution in [0.3, 0.4) is 0 Å². The lowest BCUT2D eigenvalue weighted by molar-refractivity contribution is 0.461. The largest absolute Gasteiger partial charge is 0.0879 e. The monoisotopic (exact) mass is 124 g/mol. The highest BCUT2D eigenvalue weighted by atomic mass is 14.3. The molecule has 0 amide bonds. The highest BCUT2D eigenvalue weighted by molar-refractivity contribution is 5.15. The van der Waals surface area contributed by atoms with Gasteiger partial charge < -0.3 is 0 Å². The average Bonchev–Trinajstić information content (AvgIpc) is 2.08. The first kappa shape index (κ1) is 6.85. The molecule has 0 unspecified atom stereocenters. The maximum atomic E-state index is 2.34. The van der Waals surface area contributed by atoms with Gasteiger partial charge in [-0.25, -0.2) is 0 Å². The van der Waals surface area contributed by atoms with Gasteiger partial charge in [0.1, 0.15) is 0 Å². The molecule has 1 rings (SSSR count). The van der Waals surface area contributed by atoms with Gasteiger partial charge in [0.2, 0.25) is 0 Å². The van der Waals surface area contributed by atoms with Crippen LogP contribution in [-0.4, -0.2) is 0 Å². The van der Waals surface area contributed by atoms with Gasteiger partial charge in [-0.05, 0) is 31.6 Å². The van der Waals surface area contributed by atoms with Crippen LogP contribution in [0.1, 0.15) is 40.0 Å². The van der Waals surface area contributed by atoms with Gasteiger partial charge in [0, 0.05) is 0 Å². The van der Waals surface area contributed by atoms with Crippen molar-refractivity contribution in [1.82, 2.24) is 0 Å². The van der Waals surface area contributed by atoms with Gasteiger partial charge in [-0.1, -0.05) is 25.5 Å². The standard InChI is InChI=1S/C9H16/c1-4-8-6-5-7-9(8,2)3/h4H,5-7H2,1-3H3/b8-4-. The zero-order valence-corrected chi connectivity index (χ0v) is 6.70. The van der Waals surface area contributed by atoms with Crippen LogP contribution < -0.4 is 0 Å². The number of hydrogen-bond donors (Lipinski definition) is 0. The highest BCUT2D eigenvalue weighted by Gasteiger charge is 2.27. The Balaban J connectivity index is 2.75. The van der Waals surface area contributed by atoms with Crippen molar-refractivity contribution < 1.29 is 0 Å². The third-order valence-corrected chi connectivity index (χ3v) is 2.47. The molecule has 0 heteroatoms. The second-order valence-corrected chi connectivity index (χ2v) is 3.55. The number of hydrogen-bond acceptors (Lipinski definition) is 0. The Morgan fingerprint density at radius 1 is 1.44 bits per heavy atom. The molecule has 1 saturated carbocycles. The zero-order chi connectivity index (χ0) is 6.91. The van der Waals surface area contributed by atoms with Crippen molar-refractivity contribution in [3.05, 3.63) is 11.6 Å². The molecule has 0 saturated heterocycles. The summed E-state index contributed by atoms with van der Waals surface area (Å²) in [5.74, 6) is 0. The minimum Gasteiger partial charge on any atom is -0.0879 e. The molecule has 0 spiro atoms. The van der Waals surface area contributed by atoms with E-state index in [2.05, 4.69) is 26.8 Å². The number of rotatable bonds is 0. The van der Waals surface area contributed by atoms with Gasteiger partial charge in [0.15, 0.2) is 0 Å². The molecular weight excluding hydrogens is 108 g/mol. The predicted octanol–water partition coefficient (Wildman–Crippen LogP) is 3.14. The Kier molecular flexibility index (Phi) is 1.65. The van der Waals surface area contributed by atoms with Gasteiger partial charge in [-0.3, -0.25) is 0 Å². The molecule has 0 radical (unpaired) electrons. The second-order valence-electron chi connectivity index (χ2n) is 3.55. The molecule has 1 aliphatic rings. The third kappa shape index (κ3) is 1.17. The normalized spacial score (nSPS) is 29.4. The molecule has 0 heterocycles. The molecule has 0 atom stereocenters. The van der Waals surface area contributed by atoms with Crippen molar-refractivity contribution in [3.8, 4) is 0 Å². The summed E-state index contributed by atoms with van der Waals surface area (Å²) in [4.78, 5) is 0. The molecule has 0 N–H and O–H groups in total. The van der Waals surface area contributed by atoms with Crippen molar-refractivity contribution in [1.29, 1.82) is 0 Å². The van der Waals surface area contributed by atoms with Crippen LogP contribution >= 0.6 is 0 Å². The molecule has 1 fully saturated rings. The minimum absolute atomic E-state index is 0.523. The van der Waals surface area contributed by atoms with Crippen LogP contribution in [0, 0.1) is 5.41 Å². The van der Waals surface area contributed by atoms with Crippen LogP contribution in [0.5, 0.6) is 0 Å². The van der Waals surface area contributed by atoms with E-state index in [1.54, 1.807) is 5.57 Å². The summed E-state index contributed by atoms with van der Waals surface area (Å²) >= 11 is 0. The van der Waals surface area contributed by atoms with Crippen molar-refractivity contribution in [3.63, 3.8) is 0 Å². The van der Waals surface area contributed by atoms with Gasteiger partial charge >= 0.3 is 0 Å². The zero-order valence-electron chi connectivity index (χ0n) is 6.70. The molecule has 9 heavy (non-hydrogen) atoms. The Morgan fingerprint density at radius 3 is 2.33 bits per heavy atom. The molecule has 0 aliphatic heterocycles. The smallest absolute Gasteiger partial charge is 0.0145 e. The maximum Gasteiger partial charge on any atom is -0.0145 e. The van der Waals surface area contributed by atoms with Crippen LogP contribution in [0.4, 0.5) is 0 Å². The summed E-state index contributed by atoms with van der Waals surface area (Å²) in [5.41, 5.74) is 2.18. The first-order chi connectivity index (χ1) is 4.17. The Morgan fingerprint density at radius 2 is 2.11 bits per heavy atom. The first-order valence-electron chi connectivity index (χ1n) is 3.82. The SMILES string of the molecule is C/C=C1/CCCC1(C)C. The lowest BCUT2D eigenvalue weighted by atomic mass is 9.87. The van der Waals surface area contributed by atoms with Crippen LogP contribution in [0.15, 0.2) is 11.6 Å². The van der Waals surface area contributed by atoms with Gasteiger partial charge in [0.25, 0.3) is 0 Å². The van der Waals surface area contributed by atoms with E-state index in [0.717, 1.165) is 0 Å².